The first kappa shape index (κ1) is 20.5. The number of carbonyl (C=O) groups excluding carboxylic acids is 2. The van der Waals surface area contributed by atoms with E-state index in [0.717, 1.165) is 50.0 Å². The Morgan fingerprint density at radius 3 is 2.29 bits per heavy atom. The summed E-state index contributed by atoms with van der Waals surface area (Å²) in [6.45, 7) is 0. The molecule has 0 saturated heterocycles. The topological polar surface area (TPSA) is 96.7 Å². The maximum atomic E-state index is 12.6. The number of anilines is 1. The average molecular weight is 389 g/mol. The zero-order valence-corrected chi connectivity index (χ0v) is 16.8. The van der Waals surface area contributed by atoms with Crippen molar-refractivity contribution in [2.45, 2.75) is 63.1 Å². The fourth-order valence-electron chi connectivity index (χ4n) is 4.04. The number of methoxy groups -OCH3 is 1. The Bertz CT molecular complexity index is 667. The summed E-state index contributed by atoms with van der Waals surface area (Å²) in [5, 5.41) is 5.87. The molecule has 7 nitrogen and oxygen atoms in total. The minimum absolute atomic E-state index is 0.0679. The van der Waals surface area contributed by atoms with Gasteiger partial charge in [0.1, 0.15) is 5.75 Å². The van der Waals surface area contributed by atoms with E-state index in [2.05, 4.69) is 10.6 Å². The lowest BCUT2D eigenvalue weighted by atomic mass is 9.81. The maximum absolute atomic E-state index is 12.6. The van der Waals surface area contributed by atoms with E-state index in [1.165, 1.54) is 6.42 Å². The number of nitrogens with one attached hydrogen (secondary N) is 2. The van der Waals surface area contributed by atoms with Gasteiger partial charge < -0.3 is 26.0 Å². The van der Waals surface area contributed by atoms with Gasteiger partial charge >= 0.3 is 6.03 Å². The first-order chi connectivity index (χ1) is 13.5. The Balaban J connectivity index is 1.41. The van der Waals surface area contributed by atoms with E-state index in [1.54, 1.807) is 31.4 Å². The number of nitrogens with zero attached hydrogens (tertiary/aromatic N) is 1. The van der Waals surface area contributed by atoms with Crippen LogP contribution in [0.1, 0.15) is 44.9 Å². The highest BCUT2D eigenvalue weighted by Crippen LogP contribution is 2.29. The number of nitrogens with two attached hydrogens (primary N) is 1. The van der Waals surface area contributed by atoms with Gasteiger partial charge in [0, 0.05) is 24.8 Å². The van der Waals surface area contributed by atoms with Crippen LogP contribution in [0.3, 0.4) is 0 Å². The highest BCUT2D eigenvalue weighted by molar-refractivity contribution is 5.89. The standard InChI is InChI=1S/C21H32N4O3/c1-25(17-4-3-5-17)20(26)19(22)14-6-8-15(9-7-14)23-21(27)24-16-10-12-18(28-2)13-11-16/h10-15,17,19H,3-9,22H2,1-2H3,(H2,23,24,27)/t14?,15?,19-/m0/s1. The van der Waals surface area contributed by atoms with Gasteiger partial charge in [-0.25, -0.2) is 4.79 Å². The largest absolute Gasteiger partial charge is 0.497 e. The molecule has 7 heteroatoms. The lowest BCUT2D eigenvalue weighted by molar-refractivity contribution is -0.136. The van der Waals surface area contributed by atoms with Gasteiger partial charge in [-0.2, -0.15) is 0 Å². The second-order valence-corrected chi connectivity index (χ2v) is 8.00. The third kappa shape index (κ3) is 4.95. The Kier molecular flexibility index (Phi) is 6.78. The summed E-state index contributed by atoms with van der Waals surface area (Å²) in [4.78, 5) is 26.7. The van der Waals surface area contributed by atoms with Crippen LogP contribution in [0, 0.1) is 5.92 Å². The maximum Gasteiger partial charge on any atom is 0.319 e. The molecule has 4 N–H and O–H groups in total. The van der Waals surface area contributed by atoms with Crippen LogP contribution < -0.4 is 21.1 Å². The SMILES string of the molecule is COc1ccc(NC(=O)NC2CCC([C@H](N)C(=O)N(C)C3CCC3)CC2)cc1. The third-order valence-electron chi connectivity index (χ3n) is 6.22. The van der Waals surface area contributed by atoms with Crippen LogP contribution in [0.15, 0.2) is 24.3 Å². The summed E-state index contributed by atoms with van der Waals surface area (Å²) in [6.07, 6.45) is 6.79. The van der Waals surface area contributed by atoms with Gasteiger partial charge in [-0.1, -0.05) is 0 Å². The van der Waals surface area contributed by atoms with Crippen molar-refractivity contribution in [3.8, 4) is 5.75 Å². The number of amides is 3. The third-order valence-corrected chi connectivity index (χ3v) is 6.22. The van der Waals surface area contributed by atoms with Crippen LogP contribution in [-0.2, 0) is 4.79 Å². The predicted molar refractivity (Wildman–Crippen MR) is 109 cm³/mol. The zero-order valence-electron chi connectivity index (χ0n) is 16.8. The van der Waals surface area contributed by atoms with Crippen molar-refractivity contribution < 1.29 is 14.3 Å². The summed E-state index contributed by atoms with van der Waals surface area (Å²) in [5.41, 5.74) is 7.00. The lowest BCUT2D eigenvalue weighted by Crippen LogP contribution is -2.52. The molecule has 0 unspecified atom stereocenters. The first-order valence-electron chi connectivity index (χ1n) is 10.2. The molecular weight excluding hydrogens is 356 g/mol. The number of ether oxygens (including phenoxy) is 1. The molecule has 2 saturated carbocycles. The Labute approximate surface area is 167 Å². The van der Waals surface area contributed by atoms with Crippen molar-refractivity contribution in [1.29, 1.82) is 0 Å². The second kappa shape index (κ2) is 9.28. The van der Waals surface area contributed by atoms with Crippen LogP contribution in [0.5, 0.6) is 5.75 Å². The van der Waals surface area contributed by atoms with Crippen molar-refractivity contribution in [2.24, 2.45) is 11.7 Å². The predicted octanol–water partition coefficient (Wildman–Crippen LogP) is 2.71. The van der Waals surface area contributed by atoms with E-state index in [-0.39, 0.29) is 23.9 Å². The normalized spacial score (nSPS) is 23.2. The first-order valence-corrected chi connectivity index (χ1v) is 10.2. The molecule has 3 amide bonds. The minimum atomic E-state index is -0.431. The van der Waals surface area contributed by atoms with Crippen molar-refractivity contribution in [3.05, 3.63) is 24.3 Å². The summed E-state index contributed by atoms with van der Waals surface area (Å²) < 4.78 is 5.11. The molecule has 0 bridgehead atoms. The molecule has 1 aromatic carbocycles. The number of hydrogen-bond donors (Lipinski definition) is 3. The lowest BCUT2D eigenvalue weighted by Gasteiger charge is -2.38. The molecule has 154 valence electrons. The molecule has 1 atom stereocenters. The molecule has 0 heterocycles. The average Bonchev–Trinajstić information content (AvgIpc) is 2.66. The molecule has 3 rings (SSSR count). The number of urea groups is 1. The van der Waals surface area contributed by atoms with Crippen LogP contribution >= 0.6 is 0 Å². The van der Waals surface area contributed by atoms with Gasteiger partial charge in [-0.3, -0.25) is 4.79 Å². The molecule has 1 aromatic rings. The highest BCUT2D eigenvalue weighted by atomic mass is 16.5. The van der Waals surface area contributed by atoms with E-state index in [1.807, 2.05) is 11.9 Å². The summed E-state index contributed by atoms with van der Waals surface area (Å²) >= 11 is 0. The Hall–Kier alpha value is -2.28. The summed E-state index contributed by atoms with van der Waals surface area (Å²) in [5.74, 6) is 1.01. The summed E-state index contributed by atoms with van der Waals surface area (Å²) in [6, 6.07) is 7.06. The van der Waals surface area contributed by atoms with Crippen LogP contribution in [0.25, 0.3) is 0 Å². The van der Waals surface area contributed by atoms with Crippen molar-refractivity contribution in [2.75, 3.05) is 19.5 Å². The van der Waals surface area contributed by atoms with Gasteiger partial charge in [0.15, 0.2) is 0 Å². The van der Waals surface area contributed by atoms with E-state index in [4.69, 9.17) is 10.5 Å². The Morgan fingerprint density at radius 2 is 1.75 bits per heavy atom. The molecule has 0 aliphatic heterocycles. The fraction of sp³-hybridized carbons (Fsp3) is 0.619. The number of rotatable bonds is 6. The monoisotopic (exact) mass is 388 g/mol. The zero-order chi connectivity index (χ0) is 20.1. The van der Waals surface area contributed by atoms with Crippen molar-refractivity contribution in [3.63, 3.8) is 0 Å². The van der Waals surface area contributed by atoms with E-state index in [9.17, 15) is 9.59 Å². The fourth-order valence-corrected chi connectivity index (χ4v) is 4.04. The number of carbonyl (C=O) groups is 2. The highest BCUT2D eigenvalue weighted by Gasteiger charge is 2.34. The number of likely N-dealkylation sites (N-methyl/N-ethyl adjacent to an activating group) is 1. The molecular formula is C21H32N4O3. The Morgan fingerprint density at radius 1 is 1.11 bits per heavy atom. The number of benzene rings is 1. The number of hydrogen-bond acceptors (Lipinski definition) is 4. The van der Waals surface area contributed by atoms with Gasteiger partial charge in [0.2, 0.25) is 5.91 Å². The molecule has 0 radical (unpaired) electrons. The van der Waals surface area contributed by atoms with Gasteiger partial charge in [0.25, 0.3) is 0 Å². The van der Waals surface area contributed by atoms with E-state index < -0.39 is 6.04 Å². The molecule has 2 aliphatic rings. The minimum Gasteiger partial charge on any atom is -0.497 e. The smallest absolute Gasteiger partial charge is 0.319 e. The van der Waals surface area contributed by atoms with Crippen LogP contribution in [0.2, 0.25) is 0 Å². The van der Waals surface area contributed by atoms with Crippen molar-refractivity contribution in [1.82, 2.24) is 10.2 Å². The molecule has 2 fully saturated rings. The molecule has 0 aromatic heterocycles. The molecule has 0 spiro atoms. The van der Waals surface area contributed by atoms with E-state index in [0.29, 0.717) is 6.04 Å². The van der Waals surface area contributed by atoms with Crippen molar-refractivity contribution >= 4 is 17.6 Å². The molecule has 2 aliphatic carbocycles. The van der Waals surface area contributed by atoms with Crippen LogP contribution in [-0.4, -0.2) is 49.1 Å². The molecule has 28 heavy (non-hydrogen) atoms. The van der Waals surface area contributed by atoms with Gasteiger partial charge in [-0.15, -0.1) is 0 Å². The van der Waals surface area contributed by atoms with Gasteiger partial charge in [-0.05, 0) is 75.1 Å². The van der Waals surface area contributed by atoms with Gasteiger partial charge in [0.05, 0.1) is 13.2 Å². The van der Waals surface area contributed by atoms with Crippen LogP contribution in [0.4, 0.5) is 10.5 Å². The quantitative estimate of drug-likeness (QED) is 0.698. The second-order valence-electron chi connectivity index (χ2n) is 8.00. The van der Waals surface area contributed by atoms with E-state index >= 15 is 0 Å². The summed E-state index contributed by atoms with van der Waals surface area (Å²) in [7, 11) is 3.49.